The van der Waals surface area contributed by atoms with Crippen molar-refractivity contribution in [3.05, 3.63) is 63.5 Å². The summed E-state index contributed by atoms with van der Waals surface area (Å²) in [5.41, 5.74) is 7.28. The van der Waals surface area contributed by atoms with Gasteiger partial charge < -0.3 is 10.5 Å². The van der Waals surface area contributed by atoms with Crippen LogP contribution in [0.4, 0.5) is 15.8 Å². The van der Waals surface area contributed by atoms with Crippen molar-refractivity contribution < 1.29 is 14.1 Å². The molecule has 0 saturated heterocycles. The average Bonchev–Trinajstić information content (AvgIpc) is 2.39. The maximum absolute atomic E-state index is 13.0. The summed E-state index contributed by atoms with van der Waals surface area (Å²) >= 11 is 0. The lowest BCUT2D eigenvalue weighted by Gasteiger charge is -2.10. The zero-order valence-electron chi connectivity index (χ0n) is 10.8. The maximum atomic E-state index is 13.0. The Bertz CT molecular complexity index is 659. The number of benzene rings is 2. The van der Waals surface area contributed by atoms with Crippen LogP contribution in [0.1, 0.15) is 11.1 Å². The van der Waals surface area contributed by atoms with E-state index in [1.165, 1.54) is 36.4 Å². The highest BCUT2D eigenvalue weighted by Crippen LogP contribution is 2.23. The molecule has 104 valence electrons. The second-order valence-electron chi connectivity index (χ2n) is 4.34. The van der Waals surface area contributed by atoms with E-state index in [4.69, 9.17) is 10.5 Å². The summed E-state index contributed by atoms with van der Waals surface area (Å²) in [5.74, 6) is 0.169. The van der Waals surface area contributed by atoms with Crippen LogP contribution >= 0.6 is 0 Å². The second-order valence-corrected chi connectivity index (χ2v) is 4.34. The van der Waals surface area contributed by atoms with Crippen molar-refractivity contribution in [2.24, 2.45) is 0 Å². The van der Waals surface area contributed by atoms with E-state index in [-0.39, 0.29) is 18.1 Å². The third kappa shape index (κ3) is 3.03. The number of nitrogen functional groups attached to an aromatic ring is 1. The Morgan fingerprint density at radius 2 is 2.05 bits per heavy atom. The number of nitrogens with two attached hydrogens (primary N) is 1. The molecular weight excluding hydrogens is 263 g/mol. The van der Waals surface area contributed by atoms with Crippen molar-refractivity contribution in [3.8, 4) is 5.75 Å². The minimum absolute atomic E-state index is 0.0476. The molecule has 0 atom stereocenters. The van der Waals surface area contributed by atoms with Gasteiger partial charge in [-0.15, -0.1) is 0 Å². The lowest BCUT2D eigenvalue weighted by Crippen LogP contribution is -2.02. The van der Waals surface area contributed by atoms with Crippen LogP contribution in [-0.2, 0) is 6.61 Å². The summed E-state index contributed by atoms with van der Waals surface area (Å²) in [4.78, 5) is 10.2. The van der Waals surface area contributed by atoms with Gasteiger partial charge in [0.15, 0.2) is 0 Å². The number of nitro groups is 1. The molecule has 0 aliphatic heterocycles. The Morgan fingerprint density at radius 3 is 2.70 bits per heavy atom. The summed E-state index contributed by atoms with van der Waals surface area (Å²) in [6.45, 7) is 1.80. The van der Waals surface area contributed by atoms with Crippen LogP contribution < -0.4 is 10.5 Å². The SMILES string of the molecule is Cc1cc(F)ccc1OCc1cc([N+](=O)[O-])ccc1N. The first-order chi connectivity index (χ1) is 9.47. The van der Waals surface area contributed by atoms with Crippen molar-refractivity contribution in [2.45, 2.75) is 13.5 Å². The molecule has 2 N–H and O–H groups in total. The van der Waals surface area contributed by atoms with Crippen molar-refractivity contribution in [1.82, 2.24) is 0 Å². The van der Waals surface area contributed by atoms with Gasteiger partial charge >= 0.3 is 0 Å². The van der Waals surface area contributed by atoms with Gasteiger partial charge in [-0.1, -0.05) is 0 Å². The topological polar surface area (TPSA) is 78.4 Å². The molecule has 0 bridgehead atoms. The van der Waals surface area contributed by atoms with Gasteiger partial charge in [-0.25, -0.2) is 4.39 Å². The Morgan fingerprint density at radius 1 is 1.30 bits per heavy atom. The van der Waals surface area contributed by atoms with Gasteiger partial charge in [-0.3, -0.25) is 10.1 Å². The molecule has 0 aliphatic carbocycles. The number of hydrogen-bond donors (Lipinski definition) is 1. The highest BCUT2D eigenvalue weighted by Gasteiger charge is 2.10. The Kier molecular flexibility index (Phi) is 3.84. The van der Waals surface area contributed by atoms with Crippen LogP contribution in [-0.4, -0.2) is 4.92 Å². The van der Waals surface area contributed by atoms with E-state index in [1.807, 2.05) is 0 Å². The molecule has 0 radical (unpaired) electrons. The van der Waals surface area contributed by atoms with Gasteiger partial charge in [0.2, 0.25) is 0 Å². The van der Waals surface area contributed by atoms with E-state index < -0.39 is 4.92 Å². The molecule has 0 fully saturated rings. The predicted octanol–water partition coefficient (Wildman–Crippen LogP) is 3.20. The highest BCUT2D eigenvalue weighted by atomic mass is 19.1. The first kappa shape index (κ1) is 13.8. The zero-order valence-corrected chi connectivity index (χ0v) is 10.8. The molecular formula is C14H13FN2O3. The zero-order chi connectivity index (χ0) is 14.7. The minimum atomic E-state index is -0.494. The molecule has 0 amide bonds. The number of aryl methyl sites for hydroxylation is 1. The van der Waals surface area contributed by atoms with Gasteiger partial charge in [0.1, 0.15) is 18.2 Å². The molecule has 6 heteroatoms. The fourth-order valence-electron chi connectivity index (χ4n) is 1.76. The van der Waals surface area contributed by atoms with E-state index in [9.17, 15) is 14.5 Å². The summed E-state index contributed by atoms with van der Waals surface area (Å²) in [6, 6.07) is 8.33. The number of anilines is 1. The summed E-state index contributed by atoms with van der Waals surface area (Å²) in [6.07, 6.45) is 0. The van der Waals surface area contributed by atoms with Gasteiger partial charge in [-0.2, -0.15) is 0 Å². The molecule has 2 rings (SSSR count). The Labute approximate surface area is 114 Å². The smallest absolute Gasteiger partial charge is 0.269 e. The molecule has 0 aromatic heterocycles. The molecule has 0 aliphatic rings. The van der Waals surface area contributed by atoms with E-state index in [2.05, 4.69) is 0 Å². The standard InChI is InChI=1S/C14H13FN2O3/c1-9-6-11(15)2-5-14(9)20-8-10-7-12(17(18)19)3-4-13(10)16/h2-7H,8,16H2,1H3. The molecule has 2 aromatic rings. The lowest BCUT2D eigenvalue weighted by molar-refractivity contribution is -0.384. The first-order valence-electron chi connectivity index (χ1n) is 5.89. The third-order valence-corrected chi connectivity index (χ3v) is 2.86. The number of nitrogens with zero attached hydrogens (tertiary/aromatic N) is 1. The molecule has 0 heterocycles. The Hall–Kier alpha value is -2.63. The van der Waals surface area contributed by atoms with Crippen LogP contribution in [0.15, 0.2) is 36.4 Å². The molecule has 0 unspecified atom stereocenters. The summed E-state index contributed by atoms with van der Waals surface area (Å²) in [7, 11) is 0. The number of rotatable bonds is 4. The predicted molar refractivity (Wildman–Crippen MR) is 73.0 cm³/mol. The number of hydrogen-bond acceptors (Lipinski definition) is 4. The van der Waals surface area contributed by atoms with E-state index in [0.29, 0.717) is 22.6 Å². The van der Waals surface area contributed by atoms with Crippen LogP contribution in [0.25, 0.3) is 0 Å². The number of ether oxygens (including phenoxy) is 1. The van der Waals surface area contributed by atoms with Gasteiger partial charge in [0.05, 0.1) is 4.92 Å². The molecule has 0 saturated carbocycles. The monoisotopic (exact) mass is 276 g/mol. The lowest BCUT2D eigenvalue weighted by atomic mass is 10.1. The van der Waals surface area contributed by atoms with Gasteiger partial charge in [0.25, 0.3) is 5.69 Å². The fourth-order valence-corrected chi connectivity index (χ4v) is 1.76. The number of non-ortho nitro benzene ring substituents is 1. The minimum Gasteiger partial charge on any atom is -0.489 e. The van der Waals surface area contributed by atoms with Crippen LogP contribution in [0.5, 0.6) is 5.75 Å². The quantitative estimate of drug-likeness (QED) is 0.528. The van der Waals surface area contributed by atoms with Crippen molar-refractivity contribution in [3.63, 3.8) is 0 Å². The third-order valence-electron chi connectivity index (χ3n) is 2.86. The van der Waals surface area contributed by atoms with E-state index >= 15 is 0 Å². The van der Waals surface area contributed by atoms with Gasteiger partial charge in [-0.05, 0) is 36.8 Å². The molecule has 2 aromatic carbocycles. The van der Waals surface area contributed by atoms with Crippen molar-refractivity contribution >= 4 is 11.4 Å². The van der Waals surface area contributed by atoms with Crippen molar-refractivity contribution in [1.29, 1.82) is 0 Å². The summed E-state index contributed by atoms with van der Waals surface area (Å²) in [5, 5.41) is 10.7. The van der Waals surface area contributed by atoms with E-state index in [1.54, 1.807) is 6.92 Å². The second kappa shape index (κ2) is 5.56. The van der Waals surface area contributed by atoms with Crippen LogP contribution in [0.2, 0.25) is 0 Å². The normalized spacial score (nSPS) is 10.3. The van der Waals surface area contributed by atoms with Crippen molar-refractivity contribution in [2.75, 3.05) is 5.73 Å². The largest absolute Gasteiger partial charge is 0.489 e. The fraction of sp³-hybridized carbons (Fsp3) is 0.143. The Balaban J connectivity index is 2.18. The van der Waals surface area contributed by atoms with Crippen LogP contribution in [0, 0.1) is 22.9 Å². The van der Waals surface area contributed by atoms with Gasteiger partial charge in [0, 0.05) is 23.4 Å². The highest BCUT2D eigenvalue weighted by molar-refractivity contribution is 5.52. The van der Waals surface area contributed by atoms with E-state index in [0.717, 1.165) is 0 Å². The molecule has 5 nitrogen and oxygen atoms in total. The molecule has 0 spiro atoms. The first-order valence-corrected chi connectivity index (χ1v) is 5.89. The molecule has 20 heavy (non-hydrogen) atoms. The average molecular weight is 276 g/mol. The number of halogens is 1. The number of nitro benzene ring substituents is 1. The van der Waals surface area contributed by atoms with Crippen LogP contribution in [0.3, 0.4) is 0 Å². The maximum Gasteiger partial charge on any atom is 0.269 e. The summed E-state index contributed by atoms with van der Waals surface area (Å²) < 4.78 is 18.5.